The molecule has 25 heavy (non-hydrogen) atoms. The van der Waals surface area contributed by atoms with E-state index in [0.29, 0.717) is 24.5 Å². The number of hydrogen-bond donors (Lipinski definition) is 1. The largest absolute Gasteiger partial charge is 0.379 e. The van der Waals surface area contributed by atoms with Crippen molar-refractivity contribution in [2.24, 2.45) is 0 Å². The first-order valence-corrected chi connectivity index (χ1v) is 9.05. The van der Waals surface area contributed by atoms with Gasteiger partial charge in [-0.1, -0.05) is 0 Å². The summed E-state index contributed by atoms with van der Waals surface area (Å²) in [5.74, 6) is -0.426. The molecule has 0 saturated carbocycles. The molecule has 3 rings (SSSR count). The monoisotopic (exact) mass is 361 g/mol. The lowest BCUT2D eigenvalue weighted by Gasteiger charge is -2.07. The van der Waals surface area contributed by atoms with Gasteiger partial charge in [0.15, 0.2) is 4.96 Å². The minimum Gasteiger partial charge on any atom is -0.379 e. The third kappa shape index (κ3) is 4.24. The highest BCUT2D eigenvalue weighted by atomic mass is 32.1. The number of amides is 1. The molecule has 2 heterocycles. The van der Waals surface area contributed by atoms with E-state index in [-0.39, 0.29) is 17.8 Å². The Morgan fingerprint density at radius 3 is 2.84 bits per heavy atom. The molecule has 0 aliphatic carbocycles. The predicted molar refractivity (Wildman–Crippen MR) is 96.5 cm³/mol. The number of rotatable bonds is 7. The van der Waals surface area contributed by atoms with E-state index in [1.54, 1.807) is 28.1 Å². The molecule has 0 aliphatic heterocycles. The summed E-state index contributed by atoms with van der Waals surface area (Å²) in [5.41, 5.74) is 2.08. The van der Waals surface area contributed by atoms with Crippen molar-refractivity contribution in [1.82, 2.24) is 14.7 Å². The Morgan fingerprint density at radius 1 is 1.36 bits per heavy atom. The Hall–Kier alpha value is -2.25. The average Bonchev–Trinajstić information content (AvgIpc) is 3.15. The zero-order chi connectivity index (χ0) is 17.8. The van der Waals surface area contributed by atoms with E-state index in [4.69, 9.17) is 4.74 Å². The van der Waals surface area contributed by atoms with Crippen molar-refractivity contribution in [3.05, 3.63) is 47.4 Å². The number of nitrogens with zero attached hydrogens (tertiary/aromatic N) is 2. The van der Waals surface area contributed by atoms with Gasteiger partial charge in [-0.15, -0.1) is 11.3 Å². The molecule has 7 heteroatoms. The lowest BCUT2D eigenvalue weighted by molar-refractivity contribution is 0.0756. The summed E-state index contributed by atoms with van der Waals surface area (Å²) in [5, 5.41) is 4.69. The number of imidazole rings is 1. The van der Waals surface area contributed by atoms with Gasteiger partial charge in [0.05, 0.1) is 11.8 Å². The van der Waals surface area contributed by atoms with E-state index in [9.17, 15) is 9.18 Å². The van der Waals surface area contributed by atoms with Gasteiger partial charge in [-0.2, -0.15) is 0 Å². The third-order valence-corrected chi connectivity index (χ3v) is 4.48. The van der Waals surface area contributed by atoms with Crippen LogP contribution in [0.5, 0.6) is 0 Å². The standard InChI is InChI=1S/C18H20FN3O2S/c1-12(2)24-9-3-8-20-17(23)16-11-25-18-21-15(10-22(16)18)13-4-6-14(19)7-5-13/h4-7,10-12H,3,8-9H2,1-2H3,(H,20,23). The number of hydrogen-bond acceptors (Lipinski definition) is 4. The second-order valence-corrected chi connectivity index (χ2v) is 6.77. The smallest absolute Gasteiger partial charge is 0.269 e. The Labute approximate surface area is 149 Å². The molecule has 0 unspecified atom stereocenters. The van der Waals surface area contributed by atoms with Gasteiger partial charge in [0.2, 0.25) is 0 Å². The summed E-state index contributed by atoms with van der Waals surface area (Å²) in [7, 11) is 0. The molecule has 5 nitrogen and oxygen atoms in total. The molecule has 132 valence electrons. The van der Waals surface area contributed by atoms with Crippen LogP contribution in [0.2, 0.25) is 0 Å². The van der Waals surface area contributed by atoms with Gasteiger partial charge >= 0.3 is 0 Å². The van der Waals surface area contributed by atoms with Crippen LogP contribution in [0, 0.1) is 5.82 Å². The zero-order valence-electron chi connectivity index (χ0n) is 14.2. The minimum atomic E-state index is -0.286. The third-order valence-electron chi connectivity index (χ3n) is 3.64. The molecule has 1 aromatic carbocycles. The van der Waals surface area contributed by atoms with E-state index in [0.717, 1.165) is 16.9 Å². The molecule has 0 radical (unpaired) electrons. The summed E-state index contributed by atoms with van der Waals surface area (Å²) >= 11 is 1.40. The van der Waals surface area contributed by atoms with Crippen LogP contribution in [0.25, 0.3) is 16.2 Å². The highest BCUT2D eigenvalue weighted by Gasteiger charge is 2.15. The number of halogens is 1. The summed E-state index contributed by atoms with van der Waals surface area (Å²) in [6.45, 7) is 5.15. The topological polar surface area (TPSA) is 55.6 Å². The van der Waals surface area contributed by atoms with Crippen molar-refractivity contribution in [3.8, 4) is 11.3 Å². The zero-order valence-corrected chi connectivity index (χ0v) is 15.0. The van der Waals surface area contributed by atoms with E-state index in [1.807, 2.05) is 13.8 Å². The van der Waals surface area contributed by atoms with Crippen LogP contribution in [-0.2, 0) is 4.74 Å². The summed E-state index contributed by atoms with van der Waals surface area (Å²) < 4.78 is 20.3. The normalized spacial score (nSPS) is 11.4. The number of fused-ring (bicyclic) bond motifs is 1. The van der Waals surface area contributed by atoms with Crippen LogP contribution in [0.3, 0.4) is 0 Å². The fraction of sp³-hybridized carbons (Fsp3) is 0.333. The van der Waals surface area contributed by atoms with Crippen LogP contribution in [0.4, 0.5) is 4.39 Å². The molecule has 2 aromatic heterocycles. The van der Waals surface area contributed by atoms with Crippen LogP contribution in [0.1, 0.15) is 30.8 Å². The van der Waals surface area contributed by atoms with Gasteiger partial charge < -0.3 is 10.1 Å². The van der Waals surface area contributed by atoms with Crippen molar-refractivity contribution in [3.63, 3.8) is 0 Å². The Balaban J connectivity index is 1.68. The lowest BCUT2D eigenvalue weighted by atomic mass is 10.2. The van der Waals surface area contributed by atoms with E-state index in [2.05, 4.69) is 10.3 Å². The maximum Gasteiger partial charge on any atom is 0.269 e. The maximum absolute atomic E-state index is 13.0. The quantitative estimate of drug-likeness (QED) is 0.652. The van der Waals surface area contributed by atoms with E-state index >= 15 is 0 Å². The average molecular weight is 361 g/mol. The molecular formula is C18H20FN3O2S. The summed E-state index contributed by atoms with van der Waals surface area (Å²) in [6.07, 6.45) is 2.76. The SMILES string of the molecule is CC(C)OCCCNC(=O)c1csc2nc(-c3ccc(F)cc3)cn12. The summed E-state index contributed by atoms with van der Waals surface area (Å²) in [6, 6.07) is 6.15. The molecule has 0 aliphatic rings. The molecule has 0 atom stereocenters. The summed E-state index contributed by atoms with van der Waals surface area (Å²) in [4.78, 5) is 17.6. The molecule has 3 aromatic rings. The van der Waals surface area contributed by atoms with Crippen LogP contribution < -0.4 is 5.32 Å². The van der Waals surface area contributed by atoms with Crippen molar-refractivity contribution in [2.45, 2.75) is 26.4 Å². The molecule has 0 fully saturated rings. The Bertz CT molecular complexity index is 855. The fourth-order valence-corrected chi connectivity index (χ4v) is 3.24. The molecule has 0 saturated heterocycles. The molecular weight excluding hydrogens is 341 g/mol. The van der Waals surface area contributed by atoms with Gasteiger partial charge in [-0.05, 0) is 44.5 Å². The maximum atomic E-state index is 13.0. The number of aromatic nitrogens is 2. The minimum absolute atomic E-state index is 0.140. The predicted octanol–water partition coefficient (Wildman–Crippen LogP) is 3.75. The van der Waals surface area contributed by atoms with Gasteiger partial charge in [-0.3, -0.25) is 9.20 Å². The molecule has 1 amide bonds. The highest BCUT2D eigenvalue weighted by molar-refractivity contribution is 7.15. The molecule has 1 N–H and O–H groups in total. The van der Waals surface area contributed by atoms with Crippen molar-refractivity contribution >= 4 is 22.2 Å². The van der Waals surface area contributed by atoms with Crippen molar-refractivity contribution in [1.29, 1.82) is 0 Å². The highest BCUT2D eigenvalue weighted by Crippen LogP contribution is 2.23. The van der Waals surface area contributed by atoms with Gasteiger partial charge in [-0.25, -0.2) is 9.37 Å². The van der Waals surface area contributed by atoms with Crippen LogP contribution in [0.15, 0.2) is 35.8 Å². The van der Waals surface area contributed by atoms with Gasteiger partial charge in [0.1, 0.15) is 11.5 Å². The second-order valence-electron chi connectivity index (χ2n) is 5.94. The van der Waals surface area contributed by atoms with Gasteiger partial charge in [0.25, 0.3) is 5.91 Å². The van der Waals surface area contributed by atoms with E-state index in [1.165, 1.54) is 23.5 Å². The van der Waals surface area contributed by atoms with Crippen LogP contribution >= 0.6 is 11.3 Å². The number of ether oxygens (including phenoxy) is 1. The van der Waals surface area contributed by atoms with Crippen LogP contribution in [-0.4, -0.2) is 34.5 Å². The Morgan fingerprint density at radius 2 is 2.12 bits per heavy atom. The second kappa shape index (κ2) is 7.76. The molecule has 0 spiro atoms. The number of thiazole rings is 1. The van der Waals surface area contributed by atoms with E-state index < -0.39 is 0 Å². The first kappa shape index (κ1) is 17.6. The Kier molecular flexibility index (Phi) is 5.45. The number of carbonyl (C=O) groups is 1. The lowest BCUT2D eigenvalue weighted by Crippen LogP contribution is -2.26. The van der Waals surface area contributed by atoms with Gasteiger partial charge in [0, 0.05) is 30.3 Å². The number of nitrogens with one attached hydrogen (secondary N) is 1. The fourth-order valence-electron chi connectivity index (χ4n) is 2.39. The van der Waals surface area contributed by atoms with Crippen molar-refractivity contribution in [2.75, 3.05) is 13.2 Å². The first-order valence-electron chi connectivity index (χ1n) is 8.17. The first-order chi connectivity index (χ1) is 12.0. The molecule has 0 bridgehead atoms. The number of carbonyl (C=O) groups excluding carboxylic acids is 1. The number of benzene rings is 1. The van der Waals surface area contributed by atoms with Crippen molar-refractivity contribution < 1.29 is 13.9 Å².